The van der Waals surface area contributed by atoms with Crippen molar-refractivity contribution in [2.75, 3.05) is 20.3 Å². The summed E-state index contributed by atoms with van der Waals surface area (Å²) in [5.74, 6) is 0.508. The summed E-state index contributed by atoms with van der Waals surface area (Å²) in [5, 5.41) is 4.20. The third kappa shape index (κ3) is 7.60. The number of carbonyl (C=O) groups excluding carboxylic acids is 1. The second-order valence-electron chi connectivity index (χ2n) is 7.94. The number of nitrogens with zero attached hydrogens (tertiary/aromatic N) is 1. The molecule has 29 heavy (non-hydrogen) atoms. The van der Waals surface area contributed by atoms with E-state index in [-0.39, 0.29) is 17.8 Å². The fourth-order valence-electron chi connectivity index (χ4n) is 2.66. The highest BCUT2D eigenvalue weighted by molar-refractivity contribution is 5.98. The maximum absolute atomic E-state index is 11.3. The molecule has 0 amide bonds. The predicted octanol–water partition coefficient (Wildman–Crippen LogP) is 4.91. The first kappa shape index (κ1) is 22.5. The Morgan fingerprint density at radius 2 is 1.62 bits per heavy atom. The topological polar surface area (TPSA) is 57.1 Å². The number of rotatable bonds is 9. The molecule has 2 aromatic rings. The Labute approximate surface area is 173 Å². The van der Waals surface area contributed by atoms with E-state index in [0.29, 0.717) is 13.2 Å². The maximum atomic E-state index is 11.3. The van der Waals surface area contributed by atoms with Crippen LogP contribution in [0.4, 0.5) is 0 Å². The Morgan fingerprint density at radius 3 is 2.21 bits per heavy atom. The summed E-state index contributed by atoms with van der Waals surface area (Å²) in [4.78, 5) is 16.7. The van der Waals surface area contributed by atoms with Gasteiger partial charge in [-0.3, -0.25) is 4.79 Å². The number of ether oxygens (including phenoxy) is 2. The molecule has 0 atom stereocenters. The lowest BCUT2D eigenvalue weighted by Crippen LogP contribution is -2.11. The van der Waals surface area contributed by atoms with Gasteiger partial charge in [0.1, 0.15) is 12.4 Å². The average Bonchev–Trinajstić information content (AvgIpc) is 2.71. The SMILES string of the molecule is COC(=O)Cc1ccc(OCCCO/N=C(/C)c2ccc(C(C)(C)C)cc2)cc1. The number of methoxy groups -OCH3 is 1. The molecule has 0 saturated carbocycles. The van der Waals surface area contributed by atoms with Gasteiger partial charge in [0.15, 0.2) is 0 Å². The standard InChI is InChI=1S/C24H31NO4/c1-18(20-9-11-21(12-10-20)24(2,3)4)25-29-16-6-15-28-22-13-7-19(8-14-22)17-23(26)27-5/h7-14H,6,15-17H2,1-5H3/b25-18-. The molecule has 2 rings (SSSR count). The molecular formula is C24H31NO4. The number of hydrogen-bond acceptors (Lipinski definition) is 5. The predicted molar refractivity (Wildman–Crippen MR) is 116 cm³/mol. The van der Waals surface area contributed by atoms with E-state index in [9.17, 15) is 4.79 Å². The van der Waals surface area contributed by atoms with Gasteiger partial charge in [-0.1, -0.05) is 62.3 Å². The van der Waals surface area contributed by atoms with E-state index < -0.39 is 0 Å². The van der Waals surface area contributed by atoms with Crippen molar-refractivity contribution < 1.29 is 19.1 Å². The van der Waals surface area contributed by atoms with Crippen LogP contribution in [-0.2, 0) is 26.2 Å². The largest absolute Gasteiger partial charge is 0.493 e. The summed E-state index contributed by atoms with van der Waals surface area (Å²) in [7, 11) is 1.39. The van der Waals surface area contributed by atoms with Crippen LogP contribution in [0.5, 0.6) is 5.75 Å². The van der Waals surface area contributed by atoms with Gasteiger partial charge < -0.3 is 14.3 Å². The van der Waals surface area contributed by atoms with Gasteiger partial charge in [-0.2, -0.15) is 0 Å². The zero-order valence-corrected chi connectivity index (χ0v) is 18.0. The van der Waals surface area contributed by atoms with Crippen LogP contribution in [0.2, 0.25) is 0 Å². The number of carbonyl (C=O) groups is 1. The first-order valence-corrected chi connectivity index (χ1v) is 9.85. The molecule has 5 nitrogen and oxygen atoms in total. The van der Waals surface area contributed by atoms with Crippen LogP contribution in [0, 0.1) is 0 Å². The number of oxime groups is 1. The number of hydrogen-bond donors (Lipinski definition) is 0. The minimum atomic E-state index is -0.253. The summed E-state index contributed by atoms with van der Waals surface area (Å²) < 4.78 is 10.3. The molecule has 5 heteroatoms. The van der Waals surface area contributed by atoms with Crippen molar-refractivity contribution >= 4 is 11.7 Å². The molecule has 0 aliphatic carbocycles. The average molecular weight is 398 g/mol. The van der Waals surface area contributed by atoms with E-state index in [1.165, 1.54) is 12.7 Å². The van der Waals surface area contributed by atoms with Gasteiger partial charge in [-0.05, 0) is 41.2 Å². The minimum absolute atomic E-state index is 0.141. The van der Waals surface area contributed by atoms with Crippen molar-refractivity contribution in [1.82, 2.24) is 0 Å². The molecule has 0 spiro atoms. The van der Waals surface area contributed by atoms with Crippen molar-refractivity contribution in [3.8, 4) is 5.75 Å². The van der Waals surface area contributed by atoms with Gasteiger partial charge in [0.2, 0.25) is 0 Å². The quantitative estimate of drug-likeness (QED) is 0.261. The second-order valence-corrected chi connectivity index (χ2v) is 7.94. The van der Waals surface area contributed by atoms with Crippen LogP contribution in [-0.4, -0.2) is 32.0 Å². The first-order valence-electron chi connectivity index (χ1n) is 9.85. The Kier molecular flexibility index (Phi) is 8.25. The van der Waals surface area contributed by atoms with Crippen LogP contribution < -0.4 is 4.74 Å². The summed E-state index contributed by atoms with van der Waals surface area (Å²) >= 11 is 0. The first-order chi connectivity index (χ1) is 13.8. The molecule has 0 aromatic heterocycles. The fourth-order valence-corrected chi connectivity index (χ4v) is 2.66. The molecule has 0 aliphatic rings. The van der Waals surface area contributed by atoms with Gasteiger partial charge in [0, 0.05) is 6.42 Å². The lowest BCUT2D eigenvalue weighted by molar-refractivity contribution is -0.139. The van der Waals surface area contributed by atoms with E-state index in [0.717, 1.165) is 29.0 Å². The van der Waals surface area contributed by atoms with E-state index in [4.69, 9.17) is 9.57 Å². The van der Waals surface area contributed by atoms with E-state index in [1.807, 2.05) is 31.2 Å². The third-order valence-electron chi connectivity index (χ3n) is 4.52. The molecule has 2 aromatic carbocycles. The van der Waals surface area contributed by atoms with Crippen molar-refractivity contribution in [2.45, 2.75) is 46.0 Å². The zero-order valence-electron chi connectivity index (χ0n) is 18.0. The molecule has 0 unspecified atom stereocenters. The Morgan fingerprint density at radius 1 is 0.966 bits per heavy atom. The molecule has 0 saturated heterocycles. The number of esters is 1. The summed E-state index contributed by atoms with van der Waals surface area (Å²) in [6.45, 7) is 9.56. The highest BCUT2D eigenvalue weighted by Crippen LogP contribution is 2.22. The Bertz CT molecular complexity index is 802. The molecule has 0 radical (unpaired) electrons. The fraction of sp³-hybridized carbons (Fsp3) is 0.417. The molecule has 0 aliphatic heterocycles. The van der Waals surface area contributed by atoms with Crippen LogP contribution >= 0.6 is 0 Å². The lowest BCUT2D eigenvalue weighted by atomic mass is 9.86. The normalized spacial score (nSPS) is 11.8. The minimum Gasteiger partial charge on any atom is -0.493 e. The van der Waals surface area contributed by atoms with Crippen molar-refractivity contribution in [3.63, 3.8) is 0 Å². The second kappa shape index (κ2) is 10.6. The molecule has 0 fully saturated rings. The van der Waals surface area contributed by atoms with Crippen molar-refractivity contribution in [3.05, 3.63) is 65.2 Å². The molecule has 0 N–H and O–H groups in total. The lowest BCUT2D eigenvalue weighted by Gasteiger charge is -2.19. The van der Waals surface area contributed by atoms with Gasteiger partial charge in [0.25, 0.3) is 0 Å². The van der Waals surface area contributed by atoms with E-state index in [2.05, 4.69) is 54.9 Å². The summed E-state index contributed by atoms with van der Waals surface area (Å²) in [5.41, 5.74) is 4.24. The monoisotopic (exact) mass is 397 g/mol. The third-order valence-corrected chi connectivity index (χ3v) is 4.52. The smallest absolute Gasteiger partial charge is 0.309 e. The maximum Gasteiger partial charge on any atom is 0.309 e. The van der Waals surface area contributed by atoms with Crippen molar-refractivity contribution in [1.29, 1.82) is 0 Å². The van der Waals surface area contributed by atoms with Crippen molar-refractivity contribution in [2.24, 2.45) is 5.16 Å². The van der Waals surface area contributed by atoms with E-state index in [1.54, 1.807) is 0 Å². The molecule has 156 valence electrons. The van der Waals surface area contributed by atoms with Crippen LogP contribution in [0.15, 0.2) is 53.7 Å². The van der Waals surface area contributed by atoms with Gasteiger partial charge in [0.05, 0.1) is 25.8 Å². The van der Waals surface area contributed by atoms with Crippen LogP contribution in [0.1, 0.15) is 50.8 Å². The van der Waals surface area contributed by atoms with Gasteiger partial charge >= 0.3 is 5.97 Å². The molecule has 0 bridgehead atoms. The summed E-state index contributed by atoms with van der Waals surface area (Å²) in [6, 6.07) is 15.9. The Hall–Kier alpha value is -2.82. The van der Waals surface area contributed by atoms with Crippen LogP contribution in [0.3, 0.4) is 0 Å². The number of benzene rings is 2. The van der Waals surface area contributed by atoms with E-state index >= 15 is 0 Å². The molecular weight excluding hydrogens is 366 g/mol. The highest BCUT2D eigenvalue weighted by Gasteiger charge is 2.13. The van der Waals surface area contributed by atoms with Crippen LogP contribution in [0.25, 0.3) is 0 Å². The highest BCUT2D eigenvalue weighted by atomic mass is 16.6. The summed E-state index contributed by atoms with van der Waals surface area (Å²) in [6.07, 6.45) is 0.991. The van der Waals surface area contributed by atoms with Gasteiger partial charge in [-0.15, -0.1) is 0 Å². The molecule has 0 heterocycles. The van der Waals surface area contributed by atoms with Gasteiger partial charge in [-0.25, -0.2) is 0 Å². The zero-order chi connectivity index (χ0) is 21.3. The Balaban J connectivity index is 1.70.